The summed E-state index contributed by atoms with van der Waals surface area (Å²) in [6.07, 6.45) is 3.61. The Morgan fingerprint density at radius 3 is 2.74 bits per heavy atom. The van der Waals surface area contributed by atoms with Crippen molar-refractivity contribution in [2.75, 3.05) is 6.54 Å². The number of carbonyl (C=O) groups excluding carboxylic acids is 2. The molecule has 1 fully saturated rings. The Balaban J connectivity index is 1.68. The number of fused-ring (bicyclic) bond motifs is 1. The second kappa shape index (κ2) is 8.83. The number of aryl methyl sites for hydroxylation is 2. The standard InChI is InChI=1S/C24H29N3O3S/c1-14(2)25-23(28)22-19(18-10-5-6-11-20(18)31-22)13-17-9-7-8-12-27(17)24(29)21-15(3)26-16(4)30-21/h5-6,10-11,14,17H,7-9,12-13H2,1-4H3,(H,25,28)/t17-/m1/s1. The lowest BCUT2D eigenvalue weighted by Crippen LogP contribution is -2.45. The van der Waals surface area contributed by atoms with Gasteiger partial charge >= 0.3 is 0 Å². The minimum Gasteiger partial charge on any atom is -0.436 e. The maximum Gasteiger partial charge on any atom is 0.291 e. The monoisotopic (exact) mass is 439 g/mol. The summed E-state index contributed by atoms with van der Waals surface area (Å²) >= 11 is 1.53. The van der Waals surface area contributed by atoms with Crippen molar-refractivity contribution in [3.8, 4) is 0 Å². The number of carbonyl (C=O) groups is 2. The van der Waals surface area contributed by atoms with Crippen LogP contribution in [0.3, 0.4) is 0 Å². The second-order valence-corrected chi connectivity index (χ2v) is 9.59. The van der Waals surface area contributed by atoms with Crippen molar-refractivity contribution < 1.29 is 14.0 Å². The van der Waals surface area contributed by atoms with Crippen LogP contribution in [0.15, 0.2) is 28.7 Å². The van der Waals surface area contributed by atoms with Crippen LogP contribution in [0.1, 0.15) is 70.5 Å². The van der Waals surface area contributed by atoms with Crippen LogP contribution in [0.2, 0.25) is 0 Å². The maximum absolute atomic E-state index is 13.3. The summed E-state index contributed by atoms with van der Waals surface area (Å²) in [6.45, 7) is 8.19. The lowest BCUT2D eigenvalue weighted by atomic mass is 9.93. The highest BCUT2D eigenvalue weighted by molar-refractivity contribution is 7.21. The molecule has 1 aromatic carbocycles. The van der Waals surface area contributed by atoms with E-state index in [4.69, 9.17) is 4.42 Å². The lowest BCUT2D eigenvalue weighted by Gasteiger charge is -2.35. The number of amides is 2. The molecule has 1 aliphatic heterocycles. The molecule has 164 valence electrons. The molecule has 7 heteroatoms. The van der Waals surface area contributed by atoms with Crippen LogP contribution in [0.4, 0.5) is 0 Å². The summed E-state index contributed by atoms with van der Waals surface area (Å²) in [4.78, 5) is 33.2. The molecule has 2 aromatic heterocycles. The highest BCUT2D eigenvalue weighted by Crippen LogP contribution is 2.34. The molecule has 1 N–H and O–H groups in total. The normalized spacial score (nSPS) is 16.8. The molecule has 0 bridgehead atoms. The highest BCUT2D eigenvalue weighted by atomic mass is 32.1. The molecule has 0 spiro atoms. The number of rotatable bonds is 5. The third-order valence-electron chi connectivity index (χ3n) is 5.75. The fourth-order valence-electron chi connectivity index (χ4n) is 4.39. The molecule has 6 nitrogen and oxygen atoms in total. The molecule has 2 amide bonds. The van der Waals surface area contributed by atoms with Gasteiger partial charge < -0.3 is 14.6 Å². The fourth-order valence-corrected chi connectivity index (χ4v) is 5.52. The van der Waals surface area contributed by atoms with Gasteiger partial charge in [-0.15, -0.1) is 11.3 Å². The molecule has 31 heavy (non-hydrogen) atoms. The van der Waals surface area contributed by atoms with E-state index in [1.165, 1.54) is 11.3 Å². The molecule has 1 atom stereocenters. The molecule has 1 aliphatic rings. The Bertz CT molecular complexity index is 1110. The van der Waals surface area contributed by atoms with Crippen molar-refractivity contribution in [2.45, 2.75) is 65.5 Å². The van der Waals surface area contributed by atoms with Crippen LogP contribution >= 0.6 is 11.3 Å². The van der Waals surface area contributed by atoms with Gasteiger partial charge in [0.25, 0.3) is 11.8 Å². The molecule has 0 radical (unpaired) electrons. The molecule has 3 heterocycles. The number of piperidine rings is 1. The third kappa shape index (κ3) is 4.37. The zero-order valence-electron chi connectivity index (χ0n) is 18.5. The van der Waals surface area contributed by atoms with Gasteiger partial charge in [-0.05, 0) is 63.5 Å². The van der Waals surface area contributed by atoms with E-state index in [1.54, 1.807) is 6.92 Å². The first kappa shape index (κ1) is 21.6. The van der Waals surface area contributed by atoms with Gasteiger partial charge in [-0.1, -0.05) is 18.2 Å². The molecule has 4 rings (SSSR count). The van der Waals surface area contributed by atoms with Gasteiger partial charge in [0.15, 0.2) is 5.89 Å². The van der Waals surface area contributed by atoms with Crippen LogP contribution in [-0.2, 0) is 6.42 Å². The van der Waals surface area contributed by atoms with Gasteiger partial charge in [0.2, 0.25) is 5.76 Å². The van der Waals surface area contributed by atoms with Gasteiger partial charge in [0.05, 0.1) is 10.6 Å². The van der Waals surface area contributed by atoms with Crippen molar-refractivity contribution >= 4 is 33.2 Å². The van der Waals surface area contributed by atoms with Crippen molar-refractivity contribution in [2.24, 2.45) is 0 Å². The van der Waals surface area contributed by atoms with Crippen LogP contribution in [0.25, 0.3) is 10.1 Å². The van der Waals surface area contributed by atoms with E-state index in [9.17, 15) is 9.59 Å². The highest BCUT2D eigenvalue weighted by Gasteiger charge is 2.32. The molecular weight excluding hydrogens is 410 g/mol. The maximum atomic E-state index is 13.3. The van der Waals surface area contributed by atoms with E-state index >= 15 is 0 Å². The van der Waals surface area contributed by atoms with Crippen LogP contribution in [-0.4, -0.2) is 40.3 Å². The van der Waals surface area contributed by atoms with Crippen molar-refractivity contribution in [3.63, 3.8) is 0 Å². The van der Waals surface area contributed by atoms with Crippen molar-refractivity contribution in [1.82, 2.24) is 15.2 Å². The molecule has 1 saturated heterocycles. The van der Waals surface area contributed by atoms with E-state index in [0.29, 0.717) is 30.3 Å². The van der Waals surface area contributed by atoms with E-state index in [0.717, 1.165) is 39.8 Å². The zero-order chi connectivity index (χ0) is 22.1. The van der Waals surface area contributed by atoms with E-state index in [1.807, 2.05) is 37.8 Å². The first-order valence-corrected chi connectivity index (χ1v) is 11.7. The Hall–Kier alpha value is -2.67. The van der Waals surface area contributed by atoms with Crippen LogP contribution in [0.5, 0.6) is 0 Å². The summed E-state index contributed by atoms with van der Waals surface area (Å²) in [7, 11) is 0. The summed E-state index contributed by atoms with van der Waals surface area (Å²) in [6, 6.07) is 8.23. The summed E-state index contributed by atoms with van der Waals surface area (Å²) < 4.78 is 6.72. The molecular formula is C24H29N3O3S. The van der Waals surface area contributed by atoms with Crippen LogP contribution in [0, 0.1) is 13.8 Å². The number of nitrogens with zero attached hydrogens (tertiary/aromatic N) is 2. The number of nitrogens with one attached hydrogen (secondary N) is 1. The van der Waals surface area contributed by atoms with E-state index in [-0.39, 0.29) is 23.9 Å². The van der Waals surface area contributed by atoms with Gasteiger partial charge in [-0.25, -0.2) is 4.98 Å². The zero-order valence-corrected chi connectivity index (χ0v) is 19.3. The first-order valence-electron chi connectivity index (χ1n) is 10.9. The number of hydrogen-bond acceptors (Lipinski definition) is 5. The smallest absolute Gasteiger partial charge is 0.291 e. The van der Waals surface area contributed by atoms with Gasteiger partial charge in [-0.3, -0.25) is 9.59 Å². The summed E-state index contributed by atoms with van der Waals surface area (Å²) in [5, 5.41) is 4.14. The van der Waals surface area contributed by atoms with Crippen molar-refractivity contribution in [3.05, 3.63) is 52.1 Å². The van der Waals surface area contributed by atoms with E-state index in [2.05, 4.69) is 22.4 Å². The minimum atomic E-state index is -0.101. The van der Waals surface area contributed by atoms with Gasteiger partial charge in [0.1, 0.15) is 0 Å². The topological polar surface area (TPSA) is 75.4 Å². The number of hydrogen-bond donors (Lipinski definition) is 1. The van der Waals surface area contributed by atoms with Gasteiger partial charge in [-0.2, -0.15) is 0 Å². The average molecular weight is 440 g/mol. The average Bonchev–Trinajstić information content (AvgIpc) is 3.27. The Morgan fingerprint density at radius 2 is 2.03 bits per heavy atom. The van der Waals surface area contributed by atoms with E-state index < -0.39 is 0 Å². The van der Waals surface area contributed by atoms with Gasteiger partial charge in [0, 0.05) is 30.3 Å². The number of likely N-dealkylation sites (tertiary alicyclic amines) is 1. The number of oxazole rings is 1. The number of thiophene rings is 1. The predicted molar refractivity (Wildman–Crippen MR) is 123 cm³/mol. The SMILES string of the molecule is Cc1nc(C)c(C(=O)N2CCCC[C@@H]2Cc2c(C(=O)NC(C)C)sc3ccccc23)o1. The van der Waals surface area contributed by atoms with Crippen LogP contribution < -0.4 is 5.32 Å². The Morgan fingerprint density at radius 1 is 1.26 bits per heavy atom. The Kier molecular flexibility index (Phi) is 6.14. The molecule has 0 unspecified atom stereocenters. The summed E-state index contributed by atoms with van der Waals surface area (Å²) in [5.41, 5.74) is 1.67. The first-order chi connectivity index (χ1) is 14.8. The number of aromatic nitrogens is 1. The fraction of sp³-hybridized carbons (Fsp3) is 0.458. The number of benzene rings is 1. The lowest BCUT2D eigenvalue weighted by molar-refractivity contribution is 0.0579. The summed E-state index contributed by atoms with van der Waals surface area (Å²) in [5.74, 6) is 0.695. The molecule has 0 saturated carbocycles. The Labute approximate surface area is 186 Å². The third-order valence-corrected chi connectivity index (χ3v) is 6.96. The predicted octanol–water partition coefficient (Wildman–Crippen LogP) is 4.88. The second-order valence-electron chi connectivity index (χ2n) is 8.53. The molecule has 0 aliphatic carbocycles. The van der Waals surface area contributed by atoms with Crippen molar-refractivity contribution in [1.29, 1.82) is 0 Å². The molecule has 3 aromatic rings. The largest absolute Gasteiger partial charge is 0.436 e. The quantitative estimate of drug-likeness (QED) is 0.615. The minimum absolute atomic E-state index is 0.0228.